The van der Waals surface area contributed by atoms with Crippen LogP contribution in [0.5, 0.6) is 0 Å². The second-order valence-electron chi connectivity index (χ2n) is 9.83. The number of carbonyl (C=O) groups excluding carboxylic acids is 1. The highest BCUT2D eigenvalue weighted by molar-refractivity contribution is 5.93. The first-order valence-electron chi connectivity index (χ1n) is 11.6. The molecule has 34 heavy (non-hydrogen) atoms. The van der Waals surface area contributed by atoms with E-state index in [2.05, 4.69) is 0 Å². The van der Waals surface area contributed by atoms with Crippen molar-refractivity contribution in [3.63, 3.8) is 0 Å². The van der Waals surface area contributed by atoms with E-state index in [4.69, 9.17) is 19.6 Å². The summed E-state index contributed by atoms with van der Waals surface area (Å²) in [7, 11) is 0. The number of nitrogens with zero attached hydrogens (tertiary/aromatic N) is 1. The standard InChI is InChI=1S/C27H36N2O5/c1-25(2,3)34-24(31)29(17-21-11-7-5-8-12-21)27(20-30)15-16-33-26(27,4)23(28)19-32-18-22-13-9-6-10-14-22/h5-14,28,30H,15-20H2,1-4H3. The van der Waals surface area contributed by atoms with Crippen molar-refractivity contribution < 1.29 is 24.1 Å². The van der Waals surface area contributed by atoms with Crippen molar-refractivity contribution >= 4 is 11.8 Å². The molecule has 0 bridgehead atoms. The highest BCUT2D eigenvalue weighted by Crippen LogP contribution is 2.43. The van der Waals surface area contributed by atoms with Crippen LogP contribution < -0.4 is 0 Å². The summed E-state index contributed by atoms with van der Waals surface area (Å²) in [6.45, 7) is 7.68. The summed E-state index contributed by atoms with van der Waals surface area (Å²) in [6.07, 6.45) is -0.187. The number of aliphatic hydroxyl groups excluding tert-OH is 1. The summed E-state index contributed by atoms with van der Waals surface area (Å²) in [5.41, 5.74) is -1.09. The topological polar surface area (TPSA) is 92.1 Å². The van der Waals surface area contributed by atoms with Crippen LogP contribution in [0, 0.1) is 5.41 Å². The number of benzene rings is 2. The van der Waals surface area contributed by atoms with Crippen LogP contribution in [0.1, 0.15) is 45.2 Å². The molecule has 1 heterocycles. The molecule has 0 spiro atoms. The monoisotopic (exact) mass is 468 g/mol. The van der Waals surface area contributed by atoms with E-state index in [1.165, 1.54) is 4.90 Å². The van der Waals surface area contributed by atoms with Gasteiger partial charge in [-0.3, -0.25) is 4.90 Å². The molecule has 2 unspecified atom stereocenters. The maximum atomic E-state index is 13.5. The lowest BCUT2D eigenvalue weighted by Gasteiger charge is -2.48. The second-order valence-corrected chi connectivity index (χ2v) is 9.83. The normalized spacial score (nSPS) is 22.4. The summed E-state index contributed by atoms with van der Waals surface area (Å²) in [4.78, 5) is 15.0. The van der Waals surface area contributed by atoms with Crippen LogP contribution in [0.3, 0.4) is 0 Å². The van der Waals surface area contributed by atoms with Gasteiger partial charge >= 0.3 is 6.09 Å². The fraction of sp³-hybridized carbons (Fsp3) is 0.481. The van der Waals surface area contributed by atoms with Gasteiger partial charge in [-0.2, -0.15) is 0 Å². The molecular weight excluding hydrogens is 432 g/mol. The Kier molecular flexibility index (Phi) is 8.13. The third kappa shape index (κ3) is 5.66. The van der Waals surface area contributed by atoms with Gasteiger partial charge in [-0.25, -0.2) is 4.79 Å². The van der Waals surface area contributed by atoms with Crippen LogP contribution in [0.2, 0.25) is 0 Å². The molecule has 3 rings (SSSR count). The number of ether oxygens (including phenoxy) is 3. The largest absolute Gasteiger partial charge is 0.444 e. The minimum atomic E-state index is -1.25. The van der Waals surface area contributed by atoms with E-state index >= 15 is 0 Å². The first kappa shape index (κ1) is 25.9. The van der Waals surface area contributed by atoms with Crippen LogP contribution >= 0.6 is 0 Å². The molecule has 0 aliphatic carbocycles. The van der Waals surface area contributed by atoms with E-state index in [1.807, 2.05) is 60.7 Å². The van der Waals surface area contributed by atoms with E-state index in [0.29, 0.717) is 19.6 Å². The summed E-state index contributed by atoms with van der Waals surface area (Å²) >= 11 is 0. The minimum Gasteiger partial charge on any atom is -0.444 e. The van der Waals surface area contributed by atoms with Gasteiger partial charge in [0.05, 0.1) is 32.1 Å². The second kappa shape index (κ2) is 10.7. The first-order chi connectivity index (χ1) is 16.1. The molecule has 1 fully saturated rings. The molecule has 0 radical (unpaired) electrons. The smallest absolute Gasteiger partial charge is 0.411 e. The van der Waals surface area contributed by atoms with E-state index in [9.17, 15) is 9.90 Å². The maximum Gasteiger partial charge on any atom is 0.411 e. The predicted octanol–water partition coefficient (Wildman–Crippen LogP) is 4.57. The van der Waals surface area contributed by atoms with Crippen molar-refractivity contribution in [1.82, 2.24) is 4.90 Å². The first-order valence-corrected chi connectivity index (χ1v) is 11.6. The van der Waals surface area contributed by atoms with Gasteiger partial charge in [0.1, 0.15) is 16.7 Å². The van der Waals surface area contributed by atoms with E-state index in [1.54, 1.807) is 27.7 Å². The van der Waals surface area contributed by atoms with Gasteiger partial charge < -0.3 is 24.7 Å². The molecule has 7 nitrogen and oxygen atoms in total. The molecular formula is C27H36N2O5. The molecule has 0 aromatic heterocycles. The average molecular weight is 469 g/mol. The molecule has 2 aromatic rings. The lowest BCUT2D eigenvalue weighted by molar-refractivity contribution is -0.0719. The molecule has 2 N–H and O–H groups in total. The summed E-state index contributed by atoms with van der Waals surface area (Å²) in [6, 6.07) is 19.3. The molecule has 1 aliphatic rings. The van der Waals surface area contributed by atoms with Gasteiger partial charge in [0.25, 0.3) is 0 Å². The molecule has 1 saturated heterocycles. The Labute approximate surface area is 202 Å². The maximum absolute atomic E-state index is 13.5. The van der Waals surface area contributed by atoms with Crippen molar-refractivity contribution in [3.8, 4) is 0 Å². The Morgan fingerprint density at radius 2 is 1.68 bits per heavy atom. The molecule has 2 aromatic carbocycles. The number of hydrogen-bond donors (Lipinski definition) is 2. The molecule has 1 amide bonds. The number of hydrogen-bond acceptors (Lipinski definition) is 6. The van der Waals surface area contributed by atoms with Crippen LogP contribution in [0.4, 0.5) is 4.79 Å². The van der Waals surface area contributed by atoms with Crippen LogP contribution in [0.25, 0.3) is 0 Å². The van der Waals surface area contributed by atoms with E-state index in [0.717, 1.165) is 11.1 Å². The predicted molar refractivity (Wildman–Crippen MR) is 131 cm³/mol. The van der Waals surface area contributed by atoms with Gasteiger partial charge in [-0.1, -0.05) is 60.7 Å². The Balaban J connectivity index is 1.88. The zero-order valence-electron chi connectivity index (χ0n) is 20.5. The third-order valence-electron chi connectivity index (χ3n) is 6.30. The molecule has 0 saturated carbocycles. The van der Waals surface area contributed by atoms with E-state index in [-0.39, 0.29) is 25.5 Å². The van der Waals surface area contributed by atoms with Crippen LogP contribution in [-0.4, -0.2) is 58.4 Å². The van der Waals surface area contributed by atoms with Gasteiger partial charge in [0, 0.05) is 6.54 Å². The summed E-state index contributed by atoms with van der Waals surface area (Å²) in [5, 5.41) is 19.6. The lowest BCUT2D eigenvalue weighted by atomic mass is 9.76. The van der Waals surface area contributed by atoms with Crippen molar-refractivity contribution in [2.24, 2.45) is 0 Å². The molecule has 184 valence electrons. The van der Waals surface area contributed by atoms with Crippen LogP contribution in [-0.2, 0) is 27.4 Å². The van der Waals surface area contributed by atoms with Crippen molar-refractivity contribution in [1.29, 1.82) is 5.41 Å². The SMILES string of the molecule is CC(C)(C)OC(=O)N(Cc1ccccc1)C1(CO)CCOC1(C)C(=N)COCc1ccccc1. The van der Waals surface area contributed by atoms with Gasteiger partial charge in [-0.15, -0.1) is 0 Å². The number of carbonyl (C=O) groups is 1. The Hall–Kier alpha value is -2.74. The lowest BCUT2D eigenvalue weighted by Crippen LogP contribution is -2.67. The summed E-state index contributed by atoms with van der Waals surface area (Å²) in [5.74, 6) is 0. The fourth-order valence-electron chi connectivity index (χ4n) is 4.33. The average Bonchev–Trinajstić information content (AvgIpc) is 3.15. The molecule has 2 atom stereocenters. The number of rotatable bonds is 9. The quantitative estimate of drug-likeness (QED) is 0.526. The Morgan fingerprint density at radius 1 is 1.09 bits per heavy atom. The number of nitrogens with one attached hydrogen (secondary N) is 1. The molecule has 1 aliphatic heterocycles. The Bertz CT molecular complexity index is 960. The fourth-order valence-corrected chi connectivity index (χ4v) is 4.33. The zero-order chi connectivity index (χ0) is 24.8. The number of amides is 1. The Morgan fingerprint density at radius 3 is 2.24 bits per heavy atom. The number of aliphatic hydroxyl groups is 1. The van der Waals surface area contributed by atoms with E-state index < -0.39 is 22.8 Å². The van der Waals surface area contributed by atoms with Crippen molar-refractivity contribution in [3.05, 3.63) is 71.8 Å². The van der Waals surface area contributed by atoms with Crippen molar-refractivity contribution in [2.75, 3.05) is 19.8 Å². The van der Waals surface area contributed by atoms with Crippen LogP contribution in [0.15, 0.2) is 60.7 Å². The highest BCUT2D eigenvalue weighted by atomic mass is 16.6. The van der Waals surface area contributed by atoms with Gasteiger partial charge in [0.15, 0.2) is 0 Å². The highest BCUT2D eigenvalue weighted by Gasteiger charge is 2.61. The minimum absolute atomic E-state index is 0.0145. The summed E-state index contributed by atoms with van der Waals surface area (Å²) < 4.78 is 17.7. The van der Waals surface area contributed by atoms with Gasteiger partial charge in [-0.05, 0) is 45.2 Å². The van der Waals surface area contributed by atoms with Crippen molar-refractivity contribution in [2.45, 2.75) is 64.0 Å². The molecule has 7 heteroatoms. The zero-order valence-corrected chi connectivity index (χ0v) is 20.5. The third-order valence-corrected chi connectivity index (χ3v) is 6.30. The van der Waals surface area contributed by atoms with Gasteiger partial charge in [0.2, 0.25) is 0 Å².